The van der Waals surface area contributed by atoms with Crippen molar-refractivity contribution in [2.45, 2.75) is 6.42 Å². The van der Waals surface area contributed by atoms with Crippen LogP contribution in [0.15, 0.2) is 43.0 Å². The standard InChI is InChI=1S/C13H12N6/c1-2-6-10-15-13-11(16-18-17-13)12(14)19(10)9-7-4-3-5-8-9/h2-5,7-8,14H,1,6H2,(H,16,17,18). The van der Waals surface area contributed by atoms with E-state index in [1.54, 1.807) is 10.6 Å². The largest absolute Gasteiger partial charge is 0.282 e. The Morgan fingerprint density at radius 1 is 1.26 bits per heavy atom. The molecule has 0 aliphatic heterocycles. The number of aromatic nitrogens is 5. The number of hydrogen-bond acceptors (Lipinski definition) is 4. The summed E-state index contributed by atoms with van der Waals surface area (Å²) in [6, 6.07) is 9.64. The summed E-state index contributed by atoms with van der Waals surface area (Å²) in [4.78, 5) is 4.43. The minimum absolute atomic E-state index is 0.266. The van der Waals surface area contributed by atoms with Crippen LogP contribution in [0.1, 0.15) is 5.82 Å². The normalized spacial score (nSPS) is 10.7. The molecule has 0 fully saturated rings. The topological polar surface area (TPSA) is 83.2 Å². The molecule has 2 heterocycles. The maximum atomic E-state index is 8.28. The van der Waals surface area contributed by atoms with Gasteiger partial charge in [-0.3, -0.25) is 9.98 Å². The van der Waals surface area contributed by atoms with Crippen molar-refractivity contribution in [3.63, 3.8) is 0 Å². The lowest BCUT2D eigenvalue weighted by molar-refractivity contribution is 0.825. The smallest absolute Gasteiger partial charge is 0.207 e. The first-order valence-corrected chi connectivity index (χ1v) is 5.84. The van der Waals surface area contributed by atoms with Crippen LogP contribution in [0.25, 0.3) is 16.9 Å². The number of rotatable bonds is 3. The van der Waals surface area contributed by atoms with Gasteiger partial charge in [-0.15, -0.1) is 11.7 Å². The molecule has 0 amide bonds. The molecule has 0 saturated heterocycles. The molecular weight excluding hydrogens is 240 g/mol. The summed E-state index contributed by atoms with van der Waals surface area (Å²) in [7, 11) is 0. The quantitative estimate of drug-likeness (QED) is 0.690. The Kier molecular flexibility index (Phi) is 2.68. The van der Waals surface area contributed by atoms with E-state index < -0.39 is 0 Å². The Morgan fingerprint density at radius 3 is 2.79 bits per heavy atom. The molecule has 0 aliphatic carbocycles. The van der Waals surface area contributed by atoms with Gasteiger partial charge >= 0.3 is 0 Å². The number of hydrogen-bond donors (Lipinski definition) is 2. The van der Waals surface area contributed by atoms with Gasteiger partial charge in [-0.2, -0.15) is 10.3 Å². The molecular formula is C13H12N6. The predicted molar refractivity (Wildman–Crippen MR) is 70.8 cm³/mol. The zero-order valence-corrected chi connectivity index (χ0v) is 10.2. The highest BCUT2D eigenvalue weighted by Gasteiger charge is 2.11. The maximum Gasteiger partial charge on any atom is 0.207 e. The molecule has 0 spiro atoms. The summed E-state index contributed by atoms with van der Waals surface area (Å²) in [5.74, 6) is 0.715. The van der Waals surface area contributed by atoms with E-state index in [-0.39, 0.29) is 5.49 Å². The zero-order chi connectivity index (χ0) is 13.2. The Hall–Kier alpha value is -2.76. The van der Waals surface area contributed by atoms with E-state index in [9.17, 15) is 0 Å². The predicted octanol–water partition coefficient (Wildman–Crippen LogP) is 1.35. The third-order valence-electron chi connectivity index (χ3n) is 2.81. The Balaban J connectivity index is 2.37. The minimum atomic E-state index is 0.266. The Morgan fingerprint density at radius 2 is 2.05 bits per heavy atom. The van der Waals surface area contributed by atoms with Crippen LogP contribution in [0.3, 0.4) is 0 Å². The molecule has 3 rings (SSSR count). The lowest BCUT2D eigenvalue weighted by atomic mass is 10.3. The highest BCUT2D eigenvalue weighted by molar-refractivity contribution is 5.67. The fourth-order valence-corrected chi connectivity index (χ4v) is 1.99. The molecule has 0 saturated carbocycles. The van der Waals surface area contributed by atoms with Crippen molar-refractivity contribution < 1.29 is 0 Å². The molecule has 0 unspecified atom stereocenters. The Bertz CT molecular complexity index is 784. The van der Waals surface area contributed by atoms with Crippen molar-refractivity contribution >= 4 is 11.2 Å². The average Bonchev–Trinajstić information content (AvgIpc) is 2.89. The molecule has 3 aromatic rings. The number of fused-ring (bicyclic) bond motifs is 1. The van der Waals surface area contributed by atoms with E-state index >= 15 is 0 Å². The van der Waals surface area contributed by atoms with Crippen molar-refractivity contribution in [3.05, 3.63) is 54.3 Å². The van der Waals surface area contributed by atoms with Gasteiger partial charge in [-0.25, -0.2) is 4.98 Å². The number of nitrogens with zero attached hydrogens (tertiary/aromatic N) is 4. The van der Waals surface area contributed by atoms with Gasteiger partial charge in [0.05, 0.1) is 0 Å². The minimum Gasteiger partial charge on any atom is -0.282 e. The summed E-state index contributed by atoms with van der Waals surface area (Å²) in [5, 5.41) is 18.7. The van der Waals surface area contributed by atoms with Crippen molar-refractivity contribution in [1.82, 2.24) is 25.0 Å². The van der Waals surface area contributed by atoms with E-state index in [1.165, 1.54) is 0 Å². The second-order valence-corrected chi connectivity index (χ2v) is 4.04. The monoisotopic (exact) mass is 252 g/mol. The molecule has 0 radical (unpaired) electrons. The van der Waals surface area contributed by atoms with Gasteiger partial charge in [0.25, 0.3) is 0 Å². The maximum absolute atomic E-state index is 8.28. The van der Waals surface area contributed by atoms with Gasteiger partial charge in [-0.1, -0.05) is 24.3 Å². The molecule has 2 aromatic heterocycles. The van der Waals surface area contributed by atoms with Crippen LogP contribution in [0.2, 0.25) is 0 Å². The fraction of sp³-hybridized carbons (Fsp3) is 0.0769. The third kappa shape index (κ3) is 1.83. The lowest BCUT2D eigenvalue weighted by Crippen LogP contribution is -2.24. The van der Waals surface area contributed by atoms with E-state index in [1.807, 2.05) is 30.3 Å². The van der Waals surface area contributed by atoms with Crippen LogP contribution in [-0.2, 0) is 6.42 Å². The summed E-state index contributed by atoms with van der Waals surface area (Å²) < 4.78 is 1.76. The third-order valence-corrected chi connectivity index (χ3v) is 2.81. The van der Waals surface area contributed by atoms with E-state index in [4.69, 9.17) is 5.41 Å². The number of H-pyrrole nitrogens is 1. The molecule has 0 bridgehead atoms. The molecule has 6 nitrogen and oxygen atoms in total. The molecule has 0 aliphatic rings. The van der Waals surface area contributed by atoms with Crippen LogP contribution >= 0.6 is 0 Å². The van der Waals surface area contributed by atoms with Gasteiger partial charge in [0, 0.05) is 12.1 Å². The first-order chi connectivity index (χ1) is 9.31. The van der Waals surface area contributed by atoms with E-state index in [0.717, 1.165) is 5.69 Å². The van der Waals surface area contributed by atoms with Crippen molar-refractivity contribution in [3.8, 4) is 5.69 Å². The molecule has 2 N–H and O–H groups in total. The number of allylic oxidation sites excluding steroid dienone is 1. The second-order valence-electron chi connectivity index (χ2n) is 4.04. The van der Waals surface area contributed by atoms with Gasteiger partial charge in [-0.05, 0) is 12.1 Å². The molecule has 94 valence electrons. The molecule has 0 atom stereocenters. The first kappa shape index (κ1) is 11.3. The lowest BCUT2D eigenvalue weighted by Gasteiger charge is -2.11. The van der Waals surface area contributed by atoms with Crippen LogP contribution in [0.4, 0.5) is 0 Å². The van der Waals surface area contributed by atoms with Crippen molar-refractivity contribution in [2.24, 2.45) is 0 Å². The zero-order valence-electron chi connectivity index (χ0n) is 10.2. The molecule has 6 heteroatoms. The van der Waals surface area contributed by atoms with E-state index in [0.29, 0.717) is 23.4 Å². The van der Waals surface area contributed by atoms with Crippen LogP contribution in [-0.4, -0.2) is 25.0 Å². The Labute approximate surface area is 108 Å². The summed E-state index contributed by atoms with van der Waals surface area (Å²) >= 11 is 0. The van der Waals surface area contributed by atoms with Crippen LogP contribution in [0.5, 0.6) is 0 Å². The van der Waals surface area contributed by atoms with Crippen molar-refractivity contribution in [1.29, 1.82) is 5.41 Å². The summed E-state index contributed by atoms with van der Waals surface area (Å²) in [6.45, 7) is 3.73. The highest BCUT2D eigenvalue weighted by Crippen LogP contribution is 2.10. The number of para-hydroxylation sites is 1. The second kappa shape index (κ2) is 4.49. The number of benzene rings is 1. The number of aromatic amines is 1. The SMILES string of the molecule is C=CCc1nc2n[nH]nc2c(=N)n1-c1ccccc1. The first-order valence-electron chi connectivity index (χ1n) is 5.84. The van der Waals surface area contributed by atoms with Gasteiger partial charge in [0.1, 0.15) is 5.82 Å². The summed E-state index contributed by atoms with van der Waals surface area (Å²) in [5.41, 5.74) is 2.05. The van der Waals surface area contributed by atoms with Crippen molar-refractivity contribution in [2.75, 3.05) is 0 Å². The molecule has 1 aromatic carbocycles. The van der Waals surface area contributed by atoms with Crippen LogP contribution in [0, 0.1) is 5.41 Å². The average molecular weight is 252 g/mol. The van der Waals surface area contributed by atoms with Gasteiger partial charge in [0.15, 0.2) is 11.0 Å². The van der Waals surface area contributed by atoms with E-state index in [2.05, 4.69) is 27.0 Å². The van der Waals surface area contributed by atoms with Gasteiger partial charge in [0.2, 0.25) is 5.65 Å². The van der Waals surface area contributed by atoms with Crippen LogP contribution < -0.4 is 5.49 Å². The number of nitrogens with one attached hydrogen (secondary N) is 2. The summed E-state index contributed by atoms with van der Waals surface area (Å²) in [6.07, 6.45) is 2.32. The highest BCUT2D eigenvalue weighted by atomic mass is 15.3. The fourth-order valence-electron chi connectivity index (χ4n) is 1.99. The molecule has 19 heavy (non-hydrogen) atoms. The van der Waals surface area contributed by atoms with Gasteiger partial charge < -0.3 is 0 Å².